The van der Waals surface area contributed by atoms with Crippen LogP contribution in [0.4, 0.5) is 0 Å². The van der Waals surface area contributed by atoms with Crippen LogP contribution in [0.5, 0.6) is 11.6 Å². The maximum Gasteiger partial charge on any atom is 0.345 e. The molecule has 102 valence electrons. The normalized spacial score (nSPS) is 22.5. The van der Waals surface area contributed by atoms with E-state index in [0.29, 0.717) is 10.9 Å². The Balaban J connectivity index is 2.15. The van der Waals surface area contributed by atoms with Crippen LogP contribution in [0.2, 0.25) is 0 Å². The smallest absolute Gasteiger partial charge is 0.345 e. The van der Waals surface area contributed by atoms with Crippen LogP contribution in [0.25, 0.3) is 10.9 Å². The highest BCUT2D eigenvalue weighted by atomic mass is 16.6. The molecule has 0 bridgehead atoms. The molecule has 3 rings (SSSR count). The molecule has 2 heterocycles. The topological polar surface area (TPSA) is 106 Å². The number of hydrogen-bond donors (Lipinski definition) is 2. The van der Waals surface area contributed by atoms with Crippen molar-refractivity contribution in [3.63, 3.8) is 0 Å². The van der Waals surface area contributed by atoms with Crippen LogP contribution in [0.3, 0.4) is 0 Å². The van der Waals surface area contributed by atoms with Crippen LogP contribution >= 0.6 is 0 Å². The zero-order valence-electron chi connectivity index (χ0n) is 10.0. The van der Waals surface area contributed by atoms with Gasteiger partial charge in [0.15, 0.2) is 18.0 Å². The fourth-order valence-electron chi connectivity index (χ4n) is 1.81. The number of nitrogens with zero attached hydrogens (tertiary/aromatic N) is 1. The van der Waals surface area contributed by atoms with E-state index < -0.39 is 24.1 Å². The number of pyridine rings is 1. The van der Waals surface area contributed by atoms with Gasteiger partial charge in [-0.15, -0.1) is 0 Å². The number of esters is 2. The highest BCUT2D eigenvalue weighted by Crippen LogP contribution is 2.31. The minimum Gasteiger partial charge on any atom is -0.419 e. The van der Waals surface area contributed by atoms with E-state index in [1.807, 2.05) is 0 Å². The first-order valence-electron chi connectivity index (χ1n) is 5.75. The third kappa shape index (κ3) is 1.98. The van der Waals surface area contributed by atoms with Gasteiger partial charge in [-0.25, -0.2) is 14.6 Å². The maximum atomic E-state index is 11.6. The van der Waals surface area contributed by atoms with Crippen LogP contribution in [0.1, 0.15) is 0 Å². The molecule has 0 radical (unpaired) electrons. The average Bonchev–Trinajstić information content (AvgIpc) is 2.45. The molecule has 7 nitrogen and oxygen atoms in total. The van der Waals surface area contributed by atoms with Gasteiger partial charge in [0.2, 0.25) is 0 Å². The van der Waals surface area contributed by atoms with Crippen molar-refractivity contribution in [3.05, 3.63) is 30.3 Å². The van der Waals surface area contributed by atoms with Crippen molar-refractivity contribution in [1.82, 2.24) is 4.98 Å². The van der Waals surface area contributed by atoms with Crippen molar-refractivity contribution in [1.29, 1.82) is 0 Å². The number of benzene rings is 1. The summed E-state index contributed by atoms with van der Waals surface area (Å²) in [5.74, 6) is -2.63. The van der Waals surface area contributed by atoms with Crippen LogP contribution in [-0.2, 0) is 9.59 Å². The third-order valence-corrected chi connectivity index (χ3v) is 2.85. The summed E-state index contributed by atoms with van der Waals surface area (Å²) in [5.41, 5.74) is 0.533. The summed E-state index contributed by atoms with van der Waals surface area (Å²) in [5, 5.41) is 19.5. The molecule has 0 spiro atoms. The molecular weight excluding hydrogens is 266 g/mol. The van der Waals surface area contributed by atoms with E-state index in [1.54, 1.807) is 24.3 Å². The number of aliphatic hydroxyl groups is 2. The molecule has 1 aliphatic heterocycles. The highest BCUT2D eigenvalue weighted by Gasteiger charge is 2.37. The Labute approximate surface area is 112 Å². The average molecular weight is 275 g/mol. The number of rotatable bonds is 0. The quantitative estimate of drug-likeness (QED) is 0.640. The minimum absolute atomic E-state index is 0.0898. The fourth-order valence-corrected chi connectivity index (χ4v) is 1.81. The predicted molar refractivity (Wildman–Crippen MR) is 65.0 cm³/mol. The predicted octanol–water partition coefficient (Wildman–Crippen LogP) is -0.219. The number of carbonyl (C=O) groups excluding carboxylic acids is 2. The van der Waals surface area contributed by atoms with Gasteiger partial charge in [-0.3, -0.25) is 0 Å². The Morgan fingerprint density at radius 1 is 1.00 bits per heavy atom. The first-order chi connectivity index (χ1) is 9.56. The number of para-hydroxylation sites is 1. The van der Waals surface area contributed by atoms with E-state index in [2.05, 4.69) is 4.98 Å². The van der Waals surface area contributed by atoms with Gasteiger partial charge in [-0.2, -0.15) is 0 Å². The molecule has 0 saturated heterocycles. The summed E-state index contributed by atoms with van der Waals surface area (Å²) in [6.07, 6.45) is -4.01. The minimum atomic E-state index is -2.01. The summed E-state index contributed by atoms with van der Waals surface area (Å²) in [6.45, 7) is 0. The van der Waals surface area contributed by atoms with Gasteiger partial charge in [0.25, 0.3) is 5.88 Å². The van der Waals surface area contributed by atoms with Gasteiger partial charge in [0.1, 0.15) is 0 Å². The van der Waals surface area contributed by atoms with Crippen molar-refractivity contribution in [2.24, 2.45) is 0 Å². The summed E-state index contributed by atoms with van der Waals surface area (Å²) < 4.78 is 9.73. The molecule has 2 aromatic rings. The van der Waals surface area contributed by atoms with E-state index >= 15 is 0 Å². The Hall–Kier alpha value is -2.51. The largest absolute Gasteiger partial charge is 0.419 e. The number of aromatic nitrogens is 1. The first-order valence-corrected chi connectivity index (χ1v) is 5.75. The molecule has 1 aliphatic rings. The molecule has 0 aliphatic carbocycles. The number of carbonyl (C=O) groups is 2. The van der Waals surface area contributed by atoms with Crippen LogP contribution in [0.15, 0.2) is 30.3 Å². The van der Waals surface area contributed by atoms with E-state index in [-0.39, 0.29) is 11.6 Å². The highest BCUT2D eigenvalue weighted by molar-refractivity contribution is 5.90. The molecule has 0 amide bonds. The summed E-state index contributed by atoms with van der Waals surface area (Å²) >= 11 is 0. The molecule has 2 N–H and O–H groups in total. The molecule has 2 unspecified atom stereocenters. The monoisotopic (exact) mass is 275 g/mol. The lowest BCUT2D eigenvalue weighted by atomic mass is 10.2. The van der Waals surface area contributed by atoms with Gasteiger partial charge >= 0.3 is 11.9 Å². The molecule has 2 atom stereocenters. The molecule has 0 fully saturated rings. The van der Waals surface area contributed by atoms with Crippen molar-refractivity contribution in [3.8, 4) is 11.6 Å². The van der Waals surface area contributed by atoms with Crippen LogP contribution in [0, 0.1) is 0 Å². The standard InChI is InChI=1S/C13H9NO6/c15-9-10(16)13(18)20-11-8(19-12(9)17)5-6-3-1-2-4-7(6)14-11/h1-5,9-10,15-16H. The Bertz CT molecular complexity index is 653. The lowest BCUT2D eigenvalue weighted by Gasteiger charge is -2.20. The summed E-state index contributed by atoms with van der Waals surface area (Å²) in [7, 11) is 0. The fraction of sp³-hybridized carbons (Fsp3) is 0.154. The van der Waals surface area contributed by atoms with E-state index in [0.717, 1.165) is 0 Å². The lowest BCUT2D eigenvalue weighted by Crippen LogP contribution is -2.45. The van der Waals surface area contributed by atoms with E-state index in [1.165, 1.54) is 6.07 Å². The zero-order valence-corrected chi connectivity index (χ0v) is 10.0. The molecule has 20 heavy (non-hydrogen) atoms. The van der Waals surface area contributed by atoms with Gasteiger partial charge in [0, 0.05) is 5.39 Å². The second kappa shape index (κ2) is 4.55. The molecule has 0 saturated carbocycles. The van der Waals surface area contributed by atoms with Crippen LogP contribution in [-0.4, -0.2) is 39.3 Å². The van der Waals surface area contributed by atoms with Gasteiger partial charge < -0.3 is 19.7 Å². The maximum absolute atomic E-state index is 11.6. The Morgan fingerprint density at radius 3 is 2.40 bits per heavy atom. The number of aliphatic hydroxyl groups excluding tert-OH is 2. The van der Waals surface area contributed by atoms with E-state index in [9.17, 15) is 19.8 Å². The van der Waals surface area contributed by atoms with Gasteiger partial charge in [-0.05, 0) is 12.1 Å². The Kier molecular flexibility index (Phi) is 2.85. The van der Waals surface area contributed by atoms with Crippen LogP contribution < -0.4 is 9.47 Å². The van der Waals surface area contributed by atoms with Gasteiger partial charge in [0.05, 0.1) is 5.52 Å². The number of hydrogen-bond acceptors (Lipinski definition) is 7. The van der Waals surface area contributed by atoms with Crippen molar-refractivity contribution < 1.29 is 29.3 Å². The van der Waals surface area contributed by atoms with Gasteiger partial charge in [-0.1, -0.05) is 18.2 Å². The number of fused-ring (bicyclic) bond motifs is 2. The first kappa shape index (κ1) is 12.5. The molecular formula is C13H9NO6. The second-order valence-corrected chi connectivity index (χ2v) is 4.22. The van der Waals surface area contributed by atoms with Crippen molar-refractivity contribution in [2.75, 3.05) is 0 Å². The van der Waals surface area contributed by atoms with E-state index in [4.69, 9.17) is 9.47 Å². The molecule has 1 aromatic carbocycles. The summed E-state index contributed by atoms with van der Waals surface area (Å²) in [4.78, 5) is 27.1. The van der Waals surface area contributed by atoms with Crippen molar-refractivity contribution >= 4 is 22.8 Å². The lowest BCUT2D eigenvalue weighted by molar-refractivity contribution is -0.164. The Morgan fingerprint density at radius 2 is 1.65 bits per heavy atom. The second-order valence-electron chi connectivity index (χ2n) is 4.22. The zero-order chi connectivity index (χ0) is 14.3. The molecule has 1 aromatic heterocycles. The van der Waals surface area contributed by atoms with Crippen molar-refractivity contribution in [2.45, 2.75) is 12.2 Å². The summed E-state index contributed by atoms with van der Waals surface area (Å²) in [6, 6.07) is 8.41. The molecule has 7 heteroatoms. The number of ether oxygens (including phenoxy) is 2. The SMILES string of the molecule is O=C1Oc2cc3ccccc3nc2OC(=O)C(O)C1O. The third-order valence-electron chi connectivity index (χ3n) is 2.85.